The molecule has 3 heterocycles. The minimum atomic E-state index is -0.184. The highest BCUT2D eigenvalue weighted by Crippen LogP contribution is 2.35. The van der Waals surface area contributed by atoms with Gasteiger partial charge in [0.05, 0.1) is 29.8 Å². The summed E-state index contributed by atoms with van der Waals surface area (Å²) in [6.07, 6.45) is 2.82. The molecule has 128 valence electrons. The molecule has 6 nitrogen and oxygen atoms in total. The first-order valence-electron chi connectivity index (χ1n) is 8.51. The van der Waals surface area contributed by atoms with E-state index in [2.05, 4.69) is 29.1 Å². The summed E-state index contributed by atoms with van der Waals surface area (Å²) in [4.78, 5) is 2.44. The fourth-order valence-electron chi connectivity index (χ4n) is 3.94. The zero-order chi connectivity index (χ0) is 16.6. The van der Waals surface area contributed by atoms with Crippen molar-refractivity contribution in [3.63, 3.8) is 0 Å². The van der Waals surface area contributed by atoms with Gasteiger partial charge in [-0.05, 0) is 26.0 Å². The number of para-hydroxylation sites is 1. The van der Waals surface area contributed by atoms with Crippen LogP contribution < -0.4 is 0 Å². The quantitative estimate of drug-likeness (QED) is 0.863. The molecule has 0 aliphatic carbocycles. The first kappa shape index (κ1) is 15.7. The molecule has 1 spiro atoms. The predicted molar refractivity (Wildman–Crippen MR) is 90.0 cm³/mol. The third-order valence-electron chi connectivity index (χ3n) is 4.68. The fourth-order valence-corrected chi connectivity index (χ4v) is 3.94. The van der Waals surface area contributed by atoms with Gasteiger partial charge in [0, 0.05) is 32.7 Å². The van der Waals surface area contributed by atoms with Gasteiger partial charge in [0.1, 0.15) is 5.60 Å². The molecular weight excluding hydrogens is 304 g/mol. The standard InChI is InChI=1S/C18H24N4O2/c1-17(2)12-21(13-18(24-17)8-9-23-14-18)11-16-10-19-20-22(16)15-6-4-3-5-7-15/h3-7,10H,8-9,11-14H2,1-2H3. The number of ether oxygens (including phenoxy) is 2. The largest absolute Gasteiger partial charge is 0.378 e. The second-order valence-electron chi connectivity index (χ2n) is 7.47. The first-order valence-corrected chi connectivity index (χ1v) is 8.51. The number of hydrogen-bond donors (Lipinski definition) is 0. The normalized spacial score (nSPS) is 26.9. The van der Waals surface area contributed by atoms with Gasteiger partial charge in [0.2, 0.25) is 0 Å². The lowest BCUT2D eigenvalue weighted by Crippen LogP contribution is -2.59. The van der Waals surface area contributed by atoms with E-state index >= 15 is 0 Å². The van der Waals surface area contributed by atoms with E-state index in [0.29, 0.717) is 6.61 Å². The van der Waals surface area contributed by atoms with Crippen LogP contribution in [0.3, 0.4) is 0 Å². The highest BCUT2D eigenvalue weighted by molar-refractivity contribution is 5.31. The summed E-state index contributed by atoms with van der Waals surface area (Å²) in [5, 5.41) is 8.38. The molecule has 0 N–H and O–H groups in total. The smallest absolute Gasteiger partial charge is 0.107 e. The van der Waals surface area contributed by atoms with Crippen molar-refractivity contribution in [2.45, 2.75) is 38.0 Å². The van der Waals surface area contributed by atoms with E-state index in [1.807, 2.05) is 41.2 Å². The Hall–Kier alpha value is -1.76. The van der Waals surface area contributed by atoms with E-state index < -0.39 is 0 Å². The van der Waals surface area contributed by atoms with E-state index in [-0.39, 0.29) is 11.2 Å². The van der Waals surface area contributed by atoms with Crippen molar-refractivity contribution in [1.29, 1.82) is 0 Å². The Morgan fingerprint density at radius 3 is 2.75 bits per heavy atom. The molecule has 24 heavy (non-hydrogen) atoms. The van der Waals surface area contributed by atoms with E-state index in [1.165, 1.54) is 0 Å². The maximum Gasteiger partial charge on any atom is 0.107 e. The number of nitrogens with zero attached hydrogens (tertiary/aromatic N) is 4. The molecule has 2 aromatic rings. The molecule has 0 bridgehead atoms. The summed E-state index contributed by atoms with van der Waals surface area (Å²) >= 11 is 0. The van der Waals surface area contributed by atoms with Crippen molar-refractivity contribution in [2.75, 3.05) is 26.3 Å². The molecular formula is C18H24N4O2. The van der Waals surface area contributed by atoms with Crippen LogP contribution >= 0.6 is 0 Å². The molecule has 2 aliphatic heterocycles. The van der Waals surface area contributed by atoms with Gasteiger partial charge in [0.15, 0.2) is 0 Å². The zero-order valence-electron chi connectivity index (χ0n) is 14.3. The lowest BCUT2D eigenvalue weighted by Gasteiger charge is -2.48. The van der Waals surface area contributed by atoms with Gasteiger partial charge in [-0.3, -0.25) is 4.90 Å². The Kier molecular flexibility index (Phi) is 3.90. The van der Waals surface area contributed by atoms with Crippen molar-refractivity contribution in [3.05, 3.63) is 42.2 Å². The van der Waals surface area contributed by atoms with Gasteiger partial charge >= 0.3 is 0 Å². The van der Waals surface area contributed by atoms with Crippen molar-refractivity contribution in [3.8, 4) is 5.69 Å². The molecule has 2 saturated heterocycles. The van der Waals surface area contributed by atoms with Gasteiger partial charge < -0.3 is 9.47 Å². The van der Waals surface area contributed by atoms with E-state index in [4.69, 9.17) is 9.47 Å². The fraction of sp³-hybridized carbons (Fsp3) is 0.556. The van der Waals surface area contributed by atoms with Crippen LogP contribution in [0.5, 0.6) is 0 Å². The van der Waals surface area contributed by atoms with Crippen molar-refractivity contribution < 1.29 is 9.47 Å². The average molecular weight is 328 g/mol. The third-order valence-corrected chi connectivity index (χ3v) is 4.68. The van der Waals surface area contributed by atoms with Gasteiger partial charge in [-0.15, -0.1) is 5.10 Å². The molecule has 2 aliphatic rings. The second-order valence-corrected chi connectivity index (χ2v) is 7.47. The maximum atomic E-state index is 6.38. The number of rotatable bonds is 3. The predicted octanol–water partition coefficient (Wildman–Crippen LogP) is 2.04. The van der Waals surface area contributed by atoms with E-state index in [9.17, 15) is 0 Å². The lowest BCUT2D eigenvalue weighted by atomic mass is 9.95. The lowest BCUT2D eigenvalue weighted by molar-refractivity contribution is -0.197. The topological polar surface area (TPSA) is 52.4 Å². The molecule has 1 aromatic heterocycles. The molecule has 0 saturated carbocycles. The summed E-state index contributed by atoms with van der Waals surface area (Å²) in [6, 6.07) is 10.1. The number of aromatic nitrogens is 3. The number of benzene rings is 1. The van der Waals surface area contributed by atoms with Gasteiger partial charge in [-0.25, -0.2) is 4.68 Å². The van der Waals surface area contributed by atoms with Crippen LogP contribution in [0.25, 0.3) is 5.69 Å². The molecule has 0 amide bonds. The van der Waals surface area contributed by atoms with Crippen molar-refractivity contribution in [2.24, 2.45) is 0 Å². The maximum absolute atomic E-state index is 6.38. The van der Waals surface area contributed by atoms with Crippen LogP contribution in [0.4, 0.5) is 0 Å². The van der Waals surface area contributed by atoms with Gasteiger partial charge in [0.25, 0.3) is 0 Å². The van der Waals surface area contributed by atoms with Crippen LogP contribution in [-0.2, 0) is 16.0 Å². The highest BCUT2D eigenvalue weighted by atomic mass is 16.6. The minimum Gasteiger partial charge on any atom is -0.378 e. The molecule has 4 rings (SSSR count). The third kappa shape index (κ3) is 3.09. The summed E-state index contributed by atoms with van der Waals surface area (Å²) in [5.41, 5.74) is 1.77. The van der Waals surface area contributed by atoms with E-state index in [0.717, 1.165) is 44.0 Å². The Morgan fingerprint density at radius 2 is 2.00 bits per heavy atom. The van der Waals surface area contributed by atoms with Crippen LogP contribution in [0.15, 0.2) is 36.5 Å². The van der Waals surface area contributed by atoms with Crippen LogP contribution in [0.2, 0.25) is 0 Å². The number of hydrogen-bond acceptors (Lipinski definition) is 5. The van der Waals surface area contributed by atoms with Crippen LogP contribution in [0, 0.1) is 0 Å². The summed E-state index contributed by atoms with van der Waals surface area (Å²) in [6.45, 7) is 8.36. The Balaban J connectivity index is 1.56. The molecule has 2 fully saturated rings. The summed E-state index contributed by atoms with van der Waals surface area (Å²) < 4.78 is 13.9. The minimum absolute atomic E-state index is 0.174. The first-order chi connectivity index (χ1) is 11.6. The zero-order valence-corrected chi connectivity index (χ0v) is 14.3. The highest BCUT2D eigenvalue weighted by Gasteiger charge is 2.46. The second kappa shape index (κ2) is 5.95. The Morgan fingerprint density at radius 1 is 1.17 bits per heavy atom. The summed E-state index contributed by atoms with van der Waals surface area (Å²) in [5.74, 6) is 0. The van der Waals surface area contributed by atoms with Gasteiger partial charge in [-0.2, -0.15) is 0 Å². The molecule has 1 aromatic carbocycles. The van der Waals surface area contributed by atoms with Crippen LogP contribution in [-0.4, -0.2) is 57.4 Å². The van der Waals surface area contributed by atoms with Crippen LogP contribution in [0.1, 0.15) is 26.0 Å². The molecule has 0 radical (unpaired) electrons. The van der Waals surface area contributed by atoms with Gasteiger partial charge in [-0.1, -0.05) is 23.4 Å². The Bertz CT molecular complexity index is 692. The Labute approximate surface area is 142 Å². The molecule has 1 atom stereocenters. The monoisotopic (exact) mass is 328 g/mol. The molecule has 1 unspecified atom stereocenters. The molecule has 6 heteroatoms. The van der Waals surface area contributed by atoms with E-state index in [1.54, 1.807) is 0 Å². The van der Waals surface area contributed by atoms with Crippen molar-refractivity contribution in [1.82, 2.24) is 19.9 Å². The SMILES string of the molecule is CC1(C)CN(Cc2cnnn2-c2ccccc2)CC2(CCOC2)O1. The number of morpholine rings is 1. The summed E-state index contributed by atoms with van der Waals surface area (Å²) in [7, 11) is 0. The van der Waals surface area contributed by atoms with Crippen molar-refractivity contribution >= 4 is 0 Å². The average Bonchev–Trinajstić information content (AvgIpc) is 3.16.